The summed E-state index contributed by atoms with van der Waals surface area (Å²) in [4.78, 5) is 37.6. The van der Waals surface area contributed by atoms with Gasteiger partial charge in [0.1, 0.15) is 13.2 Å². The van der Waals surface area contributed by atoms with Crippen LogP contribution in [0, 0.1) is 0 Å². The van der Waals surface area contributed by atoms with Crippen LogP contribution in [0.15, 0.2) is 158 Å². The van der Waals surface area contributed by atoms with Crippen molar-refractivity contribution in [3.05, 3.63) is 158 Å². The number of hydrogen-bond donors (Lipinski definition) is 0. The van der Waals surface area contributed by atoms with Crippen LogP contribution >= 0.6 is 0 Å². The van der Waals surface area contributed by atoms with E-state index in [-0.39, 0.29) is 38.6 Å². The number of carboxylic acids is 1. The van der Waals surface area contributed by atoms with Gasteiger partial charge in [0.2, 0.25) is 0 Å². The predicted molar refractivity (Wildman–Crippen MR) is 416 cm³/mol. The molecule has 0 saturated heterocycles. The Bertz CT molecular complexity index is 2160. The highest BCUT2D eigenvalue weighted by Crippen LogP contribution is 2.18. The number of allylic oxidation sites excluding steroid dienone is 26. The van der Waals surface area contributed by atoms with Gasteiger partial charge >= 0.3 is 11.9 Å². The summed E-state index contributed by atoms with van der Waals surface area (Å²) in [6.07, 6.45) is 111. The van der Waals surface area contributed by atoms with Crippen molar-refractivity contribution in [2.24, 2.45) is 0 Å². The van der Waals surface area contributed by atoms with Gasteiger partial charge in [-0.3, -0.25) is 9.59 Å². The maximum atomic E-state index is 13.0. The van der Waals surface area contributed by atoms with Crippen molar-refractivity contribution in [2.45, 2.75) is 334 Å². The molecule has 0 heterocycles. The Morgan fingerprint density at radius 1 is 0.309 bits per heavy atom. The van der Waals surface area contributed by atoms with Crippen LogP contribution in [0.2, 0.25) is 0 Å². The molecule has 0 aliphatic rings. The minimum atomic E-state index is -1.63. The van der Waals surface area contributed by atoms with Gasteiger partial charge < -0.3 is 33.3 Å². The highest BCUT2D eigenvalue weighted by atomic mass is 16.7. The van der Waals surface area contributed by atoms with Crippen LogP contribution in [-0.2, 0) is 33.3 Å². The standard InChI is InChI=1S/C88H147NO8/c1-6-8-10-12-14-16-18-20-22-24-26-28-30-32-34-36-38-40-41-42-43-44-45-47-48-50-52-54-56-58-60-62-64-66-68-70-72-74-76-78-85(90)95-82-84(83-96-88(87(92)93)94-81-80-89(3,4)5)97-86(91)79-77-75-73-71-69-67-65-63-61-59-57-55-53-51-49-46-39-37-35-33-31-29-27-25-23-21-19-17-15-13-11-9-7-2/h8-11,14-17,20-23,26-29,32-35,39,46,51,53,57,59,84,88H,6-7,12-13,18-19,24-25,30-31,36-38,40-45,47-50,52,54-56,58,60-83H2,1-5H3/b10-8-,11-9-,16-14-,17-15-,22-20-,23-21-,28-26-,29-27-,34-32-,35-33-,46-39-,53-51-,59-57-. The first kappa shape index (κ1) is 91.9. The van der Waals surface area contributed by atoms with Gasteiger partial charge in [-0.05, 0) is 122 Å². The SMILES string of the molecule is CC/C=C\C/C=C\C/C=C\C/C=C\C/C=C\C/C=C\C/C=C\C/C=C\CCCCCCCCCCC(=O)OC(COC(=O)CCCCCCCCCCCCCCCCCCCCCCCCC/C=C\C/C=C\C/C=C\C/C=C\C/C=C\CC)COC(OCC[N+](C)(C)C)C(=O)[O-]. The number of carbonyl (C=O) groups excluding carboxylic acids is 3. The second-order valence-corrected chi connectivity index (χ2v) is 27.2. The Morgan fingerprint density at radius 3 is 0.825 bits per heavy atom. The van der Waals surface area contributed by atoms with E-state index in [1.807, 2.05) is 21.1 Å². The lowest BCUT2D eigenvalue weighted by atomic mass is 10.0. The Balaban J connectivity index is 4.06. The lowest BCUT2D eigenvalue weighted by molar-refractivity contribution is -0.870. The molecule has 0 spiro atoms. The third-order valence-electron chi connectivity index (χ3n) is 16.8. The van der Waals surface area contributed by atoms with Crippen molar-refractivity contribution in [3.63, 3.8) is 0 Å². The van der Waals surface area contributed by atoms with Gasteiger partial charge in [0.05, 0.1) is 40.3 Å². The molecule has 0 amide bonds. The molecule has 0 bridgehead atoms. The van der Waals surface area contributed by atoms with Crippen molar-refractivity contribution < 1.29 is 42.9 Å². The van der Waals surface area contributed by atoms with E-state index in [2.05, 4.69) is 172 Å². The molecule has 0 aliphatic carbocycles. The minimum Gasteiger partial charge on any atom is -0.545 e. The lowest BCUT2D eigenvalue weighted by Gasteiger charge is -2.26. The first-order valence-corrected chi connectivity index (χ1v) is 39.6. The molecule has 0 radical (unpaired) electrons. The summed E-state index contributed by atoms with van der Waals surface area (Å²) in [6.45, 7) is 4.53. The molecule has 0 aromatic rings. The van der Waals surface area contributed by atoms with Gasteiger partial charge in [-0.2, -0.15) is 0 Å². The molecule has 9 heteroatoms. The van der Waals surface area contributed by atoms with E-state index in [0.29, 0.717) is 17.4 Å². The van der Waals surface area contributed by atoms with Crippen LogP contribution in [0.5, 0.6) is 0 Å². The van der Waals surface area contributed by atoms with Gasteiger partial charge in [-0.1, -0.05) is 345 Å². The number of carbonyl (C=O) groups is 3. The molecule has 0 N–H and O–H groups in total. The molecule has 0 rings (SSSR count). The Morgan fingerprint density at radius 2 is 0.557 bits per heavy atom. The number of nitrogens with zero attached hydrogens (tertiary/aromatic N) is 1. The third kappa shape index (κ3) is 78.1. The number of aliphatic carboxylic acids is 1. The third-order valence-corrected chi connectivity index (χ3v) is 16.8. The molecule has 97 heavy (non-hydrogen) atoms. The highest BCUT2D eigenvalue weighted by Gasteiger charge is 2.22. The second kappa shape index (κ2) is 76.7. The van der Waals surface area contributed by atoms with Crippen LogP contribution in [0.4, 0.5) is 0 Å². The van der Waals surface area contributed by atoms with E-state index in [4.69, 9.17) is 18.9 Å². The largest absolute Gasteiger partial charge is 0.545 e. The van der Waals surface area contributed by atoms with Gasteiger partial charge in [0.25, 0.3) is 0 Å². The van der Waals surface area contributed by atoms with E-state index in [9.17, 15) is 19.5 Å². The van der Waals surface area contributed by atoms with Crippen molar-refractivity contribution >= 4 is 17.9 Å². The summed E-state index contributed by atoms with van der Waals surface area (Å²) in [7, 11) is 5.93. The maximum Gasteiger partial charge on any atom is 0.306 e. The molecular formula is C88H147NO8. The zero-order valence-electron chi connectivity index (χ0n) is 63.1. The maximum absolute atomic E-state index is 13.0. The molecule has 0 aromatic heterocycles. The fraction of sp³-hybridized carbons (Fsp3) is 0.670. The van der Waals surface area contributed by atoms with Crippen LogP contribution in [0.1, 0.15) is 322 Å². The Kier molecular flexibility index (Phi) is 72.6. The zero-order chi connectivity index (χ0) is 70.4. The number of unbranched alkanes of at least 4 members (excludes halogenated alkanes) is 31. The first-order chi connectivity index (χ1) is 47.6. The summed E-state index contributed by atoms with van der Waals surface area (Å²) >= 11 is 0. The molecular weight excluding hydrogens is 1200 g/mol. The number of hydrogen-bond acceptors (Lipinski definition) is 8. The molecule has 0 aromatic carbocycles. The fourth-order valence-corrected chi connectivity index (χ4v) is 10.8. The zero-order valence-corrected chi connectivity index (χ0v) is 63.1. The fourth-order valence-electron chi connectivity index (χ4n) is 10.8. The van der Waals surface area contributed by atoms with Crippen molar-refractivity contribution in [1.82, 2.24) is 0 Å². The number of rotatable bonds is 72. The Hall–Kier alpha value is -5.09. The predicted octanol–water partition coefficient (Wildman–Crippen LogP) is 24.3. The summed E-state index contributed by atoms with van der Waals surface area (Å²) in [5, 5.41) is 11.9. The number of carboxylic acid groups (broad SMARTS) is 1. The van der Waals surface area contributed by atoms with Crippen LogP contribution < -0.4 is 5.11 Å². The van der Waals surface area contributed by atoms with Gasteiger partial charge in [-0.25, -0.2) is 0 Å². The van der Waals surface area contributed by atoms with Gasteiger partial charge in [0.15, 0.2) is 12.4 Å². The van der Waals surface area contributed by atoms with Crippen LogP contribution in [-0.4, -0.2) is 82.3 Å². The molecule has 0 saturated carbocycles. The summed E-state index contributed by atoms with van der Waals surface area (Å²) in [5.41, 5.74) is 0. The molecule has 9 nitrogen and oxygen atoms in total. The molecule has 2 unspecified atom stereocenters. The number of quaternary nitrogens is 1. The van der Waals surface area contributed by atoms with Crippen molar-refractivity contribution in [2.75, 3.05) is 47.5 Å². The van der Waals surface area contributed by atoms with E-state index >= 15 is 0 Å². The van der Waals surface area contributed by atoms with Crippen LogP contribution in [0.3, 0.4) is 0 Å². The highest BCUT2D eigenvalue weighted by molar-refractivity contribution is 5.70. The van der Waals surface area contributed by atoms with E-state index in [1.165, 1.54) is 161 Å². The second-order valence-electron chi connectivity index (χ2n) is 27.2. The van der Waals surface area contributed by atoms with E-state index in [0.717, 1.165) is 128 Å². The molecule has 552 valence electrons. The first-order valence-electron chi connectivity index (χ1n) is 39.6. The van der Waals surface area contributed by atoms with Crippen LogP contribution in [0.25, 0.3) is 0 Å². The smallest absolute Gasteiger partial charge is 0.306 e. The van der Waals surface area contributed by atoms with E-state index in [1.54, 1.807) is 0 Å². The Labute approximate surface area is 597 Å². The van der Waals surface area contributed by atoms with Gasteiger partial charge in [-0.15, -0.1) is 0 Å². The molecule has 0 fully saturated rings. The number of likely N-dealkylation sites (N-methyl/N-ethyl adjacent to an activating group) is 1. The monoisotopic (exact) mass is 1350 g/mol. The lowest BCUT2D eigenvalue weighted by Crippen LogP contribution is -2.44. The topological polar surface area (TPSA) is 111 Å². The molecule has 2 atom stereocenters. The van der Waals surface area contributed by atoms with Crippen molar-refractivity contribution in [3.8, 4) is 0 Å². The summed E-state index contributed by atoms with van der Waals surface area (Å²) in [5.74, 6) is -2.29. The summed E-state index contributed by atoms with van der Waals surface area (Å²) < 4.78 is 22.8. The minimum absolute atomic E-state index is 0.140. The van der Waals surface area contributed by atoms with Crippen molar-refractivity contribution in [1.29, 1.82) is 0 Å². The van der Waals surface area contributed by atoms with Gasteiger partial charge in [0, 0.05) is 12.8 Å². The summed E-state index contributed by atoms with van der Waals surface area (Å²) in [6, 6.07) is 0. The average molecular weight is 1350 g/mol. The number of esters is 2. The number of ether oxygens (including phenoxy) is 4. The quantitative estimate of drug-likeness (QED) is 0.0195. The molecule has 0 aliphatic heterocycles. The normalized spacial score (nSPS) is 13.5. The van der Waals surface area contributed by atoms with E-state index < -0.39 is 24.3 Å². The average Bonchev–Trinajstić information content (AvgIpc) is 2.59.